The first-order valence-corrected chi connectivity index (χ1v) is 6.71. The fraction of sp³-hybridized carbons (Fsp3) is 0.467. The van der Waals surface area contributed by atoms with Crippen molar-refractivity contribution in [2.75, 3.05) is 0 Å². The number of aryl methyl sites for hydroxylation is 1. The molecule has 5 nitrogen and oxygen atoms in total. The summed E-state index contributed by atoms with van der Waals surface area (Å²) in [6.45, 7) is 6.19. The third-order valence-electron chi connectivity index (χ3n) is 2.85. The second kappa shape index (κ2) is 7.53. The predicted octanol–water partition coefficient (Wildman–Crippen LogP) is 2.29. The Balaban J connectivity index is 2.47. The molecule has 1 aromatic carbocycles. The van der Waals surface area contributed by atoms with E-state index in [-0.39, 0.29) is 5.92 Å². The number of carbonyl (C=O) groups excluding carboxylic acids is 1. The van der Waals surface area contributed by atoms with E-state index in [0.717, 1.165) is 11.1 Å². The monoisotopic (exact) mass is 278 g/mol. The van der Waals surface area contributed by atoms with Gasteiger partial charge in [-0.2, -0.15) is 0 Å². The summed E-state index contributed by atoms with van der Waals surface area (Å²) in [7, 11) is 0. The van der Waals surface area contributed by atoms with Gasteiger partial charge in [0.25, 0.3) is 0 Å². The smallest absolute Gasteiger partial charge is 0.326 e. The van der Waals surface area contributed by atoms with Crippen LogP contribution in [0.5, 0.6) is 0 Å². The van der Waals surface area contributed by atoms with Gasteiger partial charge in [-0.1, -0.05) is 43.7 Å². The summed E-state index contributed by atoms with van der Waals surface area (Å²) in [6, 6.07) is 6.47. The van der Waals surface area contributed by atoms with Crippen LogP contribution in [0.2, 0.25) is 0 Å². The molecule has 0 spiro atoms. The highest BCUT2D eigenvalue weighted by Crippen LogP contribution is 2.05. The zero-order valence-corrected chi connectivity index (χ0v) is 12.1. The summed E-state index contributed by atoms with van der Waals surface area (Å²) in [5, 5.41) is 14.2. The van der Waals surface area contributed by atoms with Gasteiger partial charge in [0.15, 0.2) is 0 Å². The lowest BCUT2D eigenvalue weighted by molar-refractivity contribution is -0.139. The third-order valence-corrected chi connectivity index (χ3v) is 2.85. The first-order valence-electron chi connectivity index (χ1n) is 6.71. The second-order valence-electron chi connectivity index (χ2n) is 5.34. The molecule has 0 saturated heterocycles. The molecule has 2 amide bonds. The van der Waals surface area contributed by atoms with E-state index in [1.165, 1.54) is 0 Å². The minimum atomic E-state index is -1.01. The Labute approximate surface area is 119 Å². The lowest BCUT2D eigenvalue weighted by atomic mass is 10.0. The molecule has 0 saturated carbocycles. The molecule has 0 bridgehead atoms. The molecule has 5 heteroatoms. The van der Waals surface area contributed by atoms with Gasteiger partial charge in [-0.15, -0.1) is 0 Å². The molecule has 0 aliphatic rings. The van der Waals surface area contributed by atoms with Crippen LogP contribution in [0.15, 0.2) is 24.3 Å². The van der Waals surface area contributed by atoms with E-state index in [4.69, 9.17) is 5.11 Å². The van der Waals surface area contributed by atoms with Crippen LogP contribution in [0, 0.1) is 12.8 Å². The zero-order chi connectivity index (χ0) is 15.1. The number of aliphatic carboxylic acids is 1. The molecule has 1 rings (SSSR count). The van der Waals surface area contributed by atoms with E-state index >= 15 is 0 Å². The van der Waals surface area contributed by atoms with E-state index in [2.05, 4.69) is 10.6 Å². The van der Waals surface area contributed by atoms with Crippen LogP contribution >= 0.6 is 0 Å². The van der Waals surface area contributed by atoms with Crippen LogP contribution in [-0.2, 0) is 11.3 Å². The standard InChI is InChI=1S/C15H22N2O3/c1-10(2)7-13(14(18)19)17-15(20)16-9-12-6-4-5-11(3)8-12/h4-6,8,10,13H,7,9H2,1-3H3,(H,18,19)(H2,16,17,20)/t13-/m0/s1. The van der Waals surface area contributed by atoms with Crippen molar-refractivity contribution in [2.45, 2.75) is 39.8 Å². The van der Waals surface area contributed by atoms with Gasteiger partial charge in [-0.3, -0.25) is 0 Å². The van der Waals surface area contributed by atoms with Crippen molar-refractivity contribution in [3.05, 3.63) is 35.4 Å². The maximum Gasteiger partial charge on any atom is 0.326 e. The number of rotatable bonds is 6. The molecule has 0 aliphatic heterocycles. The number of amides is 2. The Morgan fingerprint density at radius 2 is 2.00 bits per heavy atom. The van der Waals surface area contributed by atoms with Gasteiger partial charge in [-0.25, -0.2) is 9.59 Å². The van der Waals surface area contributed by atoms with Crippen LogP contribution < -0.4 is 10.6 Å². The van der Waals surface area contributed by atoms with Crippen LogP contribution in [-0.4, -0.2) is 23.1 Å². The predicted molar refractivity (Wildman–Crippen MR) is 77.4 cm³/mol. The van der Waals surface area contributed by atoms with Gasteiger partial charge in [0.1, 0.15) is 6.04 Å². The molecule has 0 aliphatic carbocycles. The summed E-state index contributed by atoms with van der Waals surface area (Å²) >= 11 is 0. The molecule has 0 unspecified atom stereocenters. The minimum Gasteiger partial charge on any atom is -0.480 e. The van der Waals surface area contributed by atoms with Gasteiger partial charge < -0.3 is 15.7 Å². The largest absolute Gasteiger partial charge is 0.480 e. The number of carboxylic acids is 1. The number of hydrogen-bond donors (Lipinski definition) is 3. The highest BCUT2D eigenvalue weighted by atomic mass is 16.4. The molecule has 0 radical (unpaired) electrons. The molecule has 0 aromatic heterocycles. The fourth-order valence-corrected chi connectivity index (χ4v) is 1.91. The van der Waals surface area contributed by atoms with Gasteiger partial charge in [0.05, 0.1) is 0 Å². The lowest BCUT2D eigenvalue weighted by Gasteiger charge is -2.17. The first kappa shape index (κ1) is 16.0. The molecular weight excluding hydrogens is 256 g/mol. The maximum absolute atomic E-state index is 11.7. The summed E-state index contributed by atoms with van der Waals surface area (Å²) in [6.07, 6.45) is 0.410. The molecule has 20 heavy (non-hydrogen) atoms. The number of urea groups is 1. The van der Waals surface area contributed by atoms with E-state index in [1.807, 2.05) is 45.0 Å². The Hall–Kier alpha value is -2.04. The molecule has 0 heterocycles. The zero-order valence-electron chi connectivity index (χ0n) is 12.1. The van der Waals surface area contributed by atoms with E-state index in [9.17, 15) is 9.59 Å². The van der Waals surface area contributed by atoms with Crippen LogP contribution in [0.4, 0.5) is 4.79 Å². The highest BCUT2D eigenvalue weighted by molar-refractivity contribution is 5.82. The molecular formula is C15H22N2O3. The average Bonchev–Trinajstić information content (AvgIpc) is 2.35. The highest BCUT2D eigenvalue weighted by Gasteiger charge is 2.20. The number of benzene rings is 1. The van der Waals surface area contributed by atoms with Gasteiger partial charge in [0.2, 0.25) is 0 Å². The Morgan fingerprint density at radius 1 is 1.30 bits per heavy atom. The van der Waals surface area contributed by atoms with Crippen LogP contribution in [0.3, 0.4) is 0 Å². The van der Waals surface area contributed by atoms with Crippen molar-refractivity contribution >= 4 is 12.0 Å². The summed E-state index contributed by atoms with van der Waals surface area (Å²) in [5.41, 5.74) is 2.10. The van der Waals surface area contributed by atoms with Gasteiger partial charge in [0, 0.05) is 6.54 Å². The van der Waals surface area contributed by atoms with Crippen molar-refractivity contribution in [1.29, 1.82) is 0 Å². The quantitative estimate of drug-likeness (QED) is 0.747. The van der Waals surface area contributed by atoms with Crippen LogP contribution in [0.25, 0.3) is 0 Å². The van der Waals surface area contributed by atoms with E-state index in [1.54, 1.807) is 0 Å². The van der Waals surface area contributed by atoms with E-state index in [0.29, 0.717) is 13.0 Å². The fourth-order valence-electron chi connectivity index (χ4n) is 1.91. The number of nitrogens with one attached hydrogen (secondary N) is 2. The van der Waals surface area contributed by atoms with Crippen molar-refractivity contribution < 1.29 is 14.7 Å². The molecule has 1 atom stereocenters. The van der Waals surface area contributed by atoms with Crippen molar-refractivity contribution in [1.82, 2.24) is 10.6 Å². The first-order chi connectivity index (χ1) is 9.38. The molecule has 110 valence electrons. The Kier molecular flexibility index (Phi) is 6.03. The Morgan fingerprint density at radius 3 is 2.55 bits per heavy atom. The average molecular weight is 278 g/mol. The van der Waals surface area contributed by atoms with Gasteiger partial charge in [-0.05, 0) is 24.8 Å². The SMILES string of the molecule is Cc1cccc(CNC(=O)N[C@@H](CC(C)C)C(=O)O)c1. The summed E-state index contributed by atoms with van der Waals surface area (Å²) < 4.78 is 0. The lowest BCUT2D eigenvalue weighted by Crippen LogP contribution is -2.46. The van der Waals surface area contributed by atoms with Crippen molar-refractivity contribution in [3.8, 4) is 0 Å². The maximum atomic E-state index is 11.7. The second-order valence-corrected chi connectivity index (χ2v) is 5.34. The van der Waals surface area contributed by atoms with Crippen LogP contribution in [0.1, 0.15) is 31.4 Å². The summed E-state index contributed by atoms with van der Waals surface area (Å²) in [4.78, 5) is 22.8. The molecule has 0 fully saturated rings. The van der Waals surface area contributed by atoms with Gasteiger partial charge >= 0.3 is 12.0 Å². The number of hydrogen-bond acceptors (Lipinski definition) is 2. The normalized spacial score (nSPS) is 12.0. The number of carboxylic acid groups (broad SMARTS) is 1. The molecule has 3 N–H and O–H groups in total. The van der Waals surface area contributed by atoms with E-state index < -0.39 is 18.0 Å². The topological polar surface area (TPSA) is 78.4 Å². The minimum absolute atomic E-state index is 0.202. The van der Waals surface area contributed by atoms with Crippen molar-refractivity contribution in [3.63, 3.8) is 0 Å². The Bertz CT molecular complexity index is 472. The third kappa shape index (κ3) is 5.73. The van der Waals surface area contributed by atoms with Crippen molar-refractivity contribution in [2.24, 2.45) is 5.92 Å². The molecule has 1 aromatic rings. The number of carbonyl (C=O) groups is 2. The summed E-state index contributed by atoms with van der Waals surface area (Å²) in [5.74, 6) is -0.808.